The summed E-state index contributed by atoms with van der Waals surface area (Å²) in [6.45, 7) is 4.22. The van der Waals surface area contributed by atoms with Gasteiger partial charge in [-0.3, -0.25) is 9.59 Å². The van der Waals surface area contributed by atoms with Gasteiger partial charge in [-0.05, 0) is 45.2 Å². The van der Waals surface area contributed by atoms with E-state index in [1.165, 1.54) is 30.5 Å². The number of rotatable bonds is 8. The Morgan fingerprint density at radius 3 is 2.57 bits per heavy atom. The Hall–Kier alpha value is -1.97. The summed E-state index contributed by atoms with van der Waals surface area (Å²) < 4.78 is 37.4. The fourth-order valence-electron chi connectivity index (χ4n) is 3.00. The van der Waals surface area contributed by atoms with Gasteiger partial charge in [0.15, 0.2) is 6.10 Å². The first-order valence-electron chi connectivity index (χ1n) is 9.33. The Morgan fingerprint density at radius 1 is 1.25 bits per heavy atom. The van der Waals surface area contributed by atoms with E-state index in [2.05, 4.69) is 5.32 Å². The van der Waals surface area contributed by atoms with Crippen LogP contribution < -0.4 is 5.32 Å². The number of esters is 1. The zero-order valence-corrected chi connectivity index (χ0v) is 17.3. The number of hydrogen-bond acceptors (Lipinski definition) is 6. The molecule has 1 aromatic carbocycles. The molecule has 2 rings (SSSR count). The van der Waals surface area contributed by atoms with Gasteiger partial charge in [-0.15, -0.1) is 0 Å². The Labute approximate surface area is 166 Å². The molecule has 1 saturated heterocycles. The third-order valence-corrected chi connectivity index (χ3v) is 6.54. The number of sulfonamides is 1. The number of aryl methyl sites for hydroxylation is 1. The van der Waals surface area contributed by atoms with Crippen LogP contribution in [0.25, 0.3) is 0 Å². The van der Waals surface area contributed by atoms with Gasteiger partial charge >= 0.3 is 5.97 Å². The summed E-state index contributed by atoms with van der Waals surface area (Å²) in [5.41, 5.74) is 0.946. The van der Waals surface area contributed by atoms with Crippen LogP contribution >= 0.6 is 0 Å². The second-order valence-corrected chi connectivity index (χ2v) is 8.69. The molecule has 0 radical (unpaired) electrons. The lowest BCUT2D eigenvalue weighted by Crippen LogP contribution is -2.50. The molecule has 0 aromatic heterocycles. The van der Waals surface area contributed by atoms with Crippen molar-refractivity contribution in [2.75, 3.05) is 26.8 Å². The minimum absolute atomic E-state index is 0.142. The van der Waals surface area contributed by atoms with E-state index in [0.717, 1.165) is 5.56 Å². The average Bonchev–Trinajstić information content (AvgIpc) is 2.68. The maximum absolute atomic E-state index is 13.0. The van der Waals surface area contributed by atoms with Crippen LogP contribution in [0.15, 0.2) is 29.2 Å². The van der Waals surface area contributed by atoms with Crippen LogP contribution in [0.3, 0.4) is 0 Å². The lowest BCUT2D eigenvalue weighted by Gasteiger charge is -2.33. The lowest BCUT2D eigenvalue weighted by atomic mass is 10.1. The molecule has 1 aliphatic rings. The minimum atomic E-state index is -3.83. The van der Waals surface area contributed by atoms with Crippen molar-refractivity contribution in [1.82, 2.24) is 9.62 Å². The average molecular weight is 413 g/mol. The van der Waals surface area contributed by atoms with Gasteiger partial charge in [-0.25, -0.2) is 8.42 Å². The van der Waals surface area contributed by atoms with E-state index >= 15 is 0 Å². The third kappa shape index (κ3) is 5.52. The predicted octanol–water partition coefficient (Wildman–Crippen LogP) is 1.23. The van der Waals surface area contributed by atoms with Gasteiger partial charge in [-0.1, -0.05) is 17.7 Å². The van der Waals surface area contributed by atoms with Gasteiger partial charge in [0.05, 0.1) is 11.5 Å². The van der Waals surface area contributed by atoms with E-state index in [9.17, 15) is 18.0 Å². The van der Waals surface area contributed by atoms with Crippen LogP contribution in [-0.4, -0.2) is 63.6 Å². The Balaban J connectivity index is 2.10. The fraction of sp³-hybridized carbons (Fsp3) is 0.579. The summed E-state index contributed by atoms with van der Waals surface area (Å²) in [6.07, 6.45) is 0.730. The van der Waals surface area contributed by atoms with Gasteiger partial charge in [0.25, 0.3) is 5.91 Å². The minimum Gasteiger partial charge on any atom is -0.451 e. The highest BCUT2D eigenvalue weighted by molar-refractivity contribution is 7.89. The molecule has 156 valence electrons. The molecule has 28 heavy (non-hydrogen) atoms. The molecule has 0 aliphatic carbocycles. The molecule has 1 fully saturated rings. The number of carbonyl (C=O) groups excluding carboxylic acids is 2. The van der Waals surface area contributed by atoms with Crippen molar-refractivity contribution < 1.29 is 27.5 Å². The van der Waals surface area contributed by atoms with E-state index < -0.39 is 34.0 Å². The topological polar surface area (TPSA) is 102 Å². The summed E-state index contributed by atoms with van der Waals surface area (Å²) in [7, 11) is -2.32. The largest absolute Gasteiger partial charge is 0.451 e. The van der Waals surface area contributed by atoms with Crippen molar-refractivity contribution in [2.45, 2.75) is 50.2 Å². The first kappa shape index (κ1) is 22.3. The first-order chi connectivity index (χ1) is 13.3. The van der Waals surface area contributed by atoms with Crippen LogP contribution in [0.5, 0.6) is 0 Å². The molecule has 1 aromatic rings. The standard InChI is InChI=1S/C19H28N2O6S/c1-14-7-9-16(10-8-14)28(24,25)21-12-5-4-6-17(21)19(23)27-15(2)18(22)20-11-13-26-3/h7-10,15,17H,4-6,11-13H2,1-3H3,(H,20,22)/t15-,17-/m0/s1. The number of carbonyl (C=O) groups is 2. The maximum Gasteiger partial charge on any atom is 0.325 e. The summed E-state index contributed by atoms with van der Waals surface area (Å²) in [5, 5.41) is 2.59. The molecule has 0 spiro atoms. The van der Waals surface area contributed by atoms with Crippen LogP contribution in [0, 0.1) is 6.92 Å². The van der Waals surface area contributed by atoms with Gasteiger partial charge in [-0.2, -0.15) is 4.31 Å². The summed E-state index contributed by atoms with van der Waals surface area (Å²) >= 11 is 0. The number of ether oxygens (including phenoxy) is 2. The van der Waals surface area contributed by atoms with Crippen molar-refractivity contribution >= 4 is 21.9 Å². The van der Waals surface area contributed by atoms with Crippen LogP contribution in [0.2, 0.25) is 0 Å². The van der Waals surface area contributed by atoms with Crippen LogP contribution in [-0.2, 0) is 29.1 Å². The molecule has 8 nitrogen and oxygen atoms in total. The second kappa shape index (κ2) is 9.99. The fourth-order valence-corrected chi connectivity index (χ4v) is 4.65. The molecule has 1 amide bonds. The van der Waals surface area contributed by atoms with Gasteiger partial charge in [0.1, 0.15) is 6.04 Å². The number of benzene rings is 1. The van der Waals surface area contributed by atoms with E-state index in [0.29, 0.717) is 32.4 Å². The molecule has 2 atom stereocenters. The summed E-state index contributed by atoms with van der Waals surface area (Å²) in [4.78, 5) is 24.8. The molecule has 0 unspecified atom stereocenters. The Kier molecular flexibility index (Phi) is 7.97. The van der Waals surface area contributed by atoms with Crippen LogP contribution in [0.1, 0.15) is 31.7 Å². The smallest absolute Gasteiger partial charge is 0.325 e. The quantitative estimate of drug-likeness (QED) is 0.509. The van der Waals surface area contributed by atoms with Crippen molar-refractivity contribution in [3.63, 3.8) is 0 Å². The number of amides is 1. The van der Waals surface area contributed by atoms with Crippen LogP contribution in [0.4, 0.5) is 0 Å². The van der Waals surface area contributed by atoms with Gasteiger partial charge < -0.3 is 14.8 Å². The molecule has 1 N–H and O–H groups in total. The molecule has 1 aliphatic heterocycles. The molecular weight excluding hydrogens is 384 g/mol. The molecular formula is C19H28N2O6S. The SMILES string of the molecule is COCCNC(=O)[C@H](C)OC(=O)[C@@H]1CCCCN1S(=O)(=O)c1ccc(C)cc1. The Morgan fingerprint density at radius 2 is 1.93 bits per heavy atom. The van der Waals surface area contributed by atoms with Gasteiger partial charge in [0, 0.05) is 20.2 Å². The molecule has 0 bridgehead atoms. The molecule has 0 saturated carbocycles. The number of methoxy groups -OCH3 is 1. The van der Waals surface area contributed by atoms with Crippen molar-refractivity contribution in [1.29, 1.82) is 0 Å². The zero-order chi connectivity index (χ0) is 20.7. The van der Waals surface area contributed by atoms with E-state index in [1.54, 1.807) is 12.1 Å². The Bertz CT molecular complexity index is 778. The van der Waals surface area contributed by atoms with Crippen molar-refractivity contribution in [2.24, 2.45) is 0 Å². The summed E-state index contributed by atoms with van der Waals surface area (Å²) in [6, 6.07) is 5.57. The highest BCUT2D eigenvalue weighted by atomic mass is 32.2. The zero-order valence-electron chi connectivity index (χ0n) is 16.5. The number of hydrogen-bond donors (Lipinski definition) is 1. The first-order valence-corrected chi connectivity index (χ1v) is 10.8. The number of nitrogens with zero attached hydrogens (tertiary/aromatic N) is 1. The molecule has 9 heteroatoms. The van der Waals surface area contributed by atoms with Crippen molar-refractivity contribution in [3.05, 3.63) is 29.8 Å². The second-order valence-electron chi connectivity index (χ2n) is 6.80. The summed E-state index contributed by atoms with van der Waals surface area (Å²) in [5.74, 6) is -1.15. The third-order valence-electron chi connectivity index (χ3n) is 4.62. The van der Waals surface area contributed by atoms with E-state index in [1.807, 2.05) is 6.92 Å². The number of piperidine rings is 1. The maximum atomic E-state index is 13.0. The lowest BCUT2D eigenvalue weighted by molar-refractivity contribution is -0.159. The predicted molar refractivity (Wildman–Crippen MR) is 103 cm³/mol. The van der Waals surface area contributed by atoms with E-state index in [-0.39, 0.29) is 11.4 Å². The number of nitrogens with one attached hydrogen (secondary N) is 1. The highest BCUT2D eigenvalue weighted by Gasteiger charge is 2.39. The highest BCUT2D eigenvalue weighted by Crippen LogP contribution is 2.26. The monoisotopic (exact) mass is 412 g/mol. The van der Waals surface area contributed by atoms with Gasteiger partial charge in [0.2, 0.25) is 10.0 Å². The normalized spacial score (nSPS) is 19.0. The molecule has 1 heterocycles. The van der Waals surface area contributed by atoms with Crippen molar-refractivity contribution in [3.8, 4) is 0 Å². The van der Waals surface area contributed by atoms with E-state index in [4.69, 9.17) is 9.47 Å².